The van der Waals surface area contributed by atoms with Crippen molar-refractivity contribution in [3.8, 4) is 0 Å². The van der Waals surface area contributed by atoms with Gasteiger partial charge in [0.15, 0.2) is 5.78 Å². The van der Waals surface area contributed by atoms with E-state index in [-0.39, 0.29) is 30.7 Å². The van der Waals surface area contributed by atoms with E-state index in [4.69, 9.17) is 11.5 Å². The Hall–Kier alpha value is -1.51. The van der Waals surface area contributed by atoms with E-state index in [9.17, 15) is 19.5 Å². The highest BCUT2D eigenvalue weighted by molar-refractivity contribution is 5.94. The zero-order chi connectivity index (χ0) is 21.3. The van der Waals surface area contributed by atoms with E-state index in [0.717, 1.165) is 12.8 Å². The van der Waals surface area contributed by atoms with Gasteiger partial charge in [-0.2, -0.15) is 0 Å². The minimum atomic E-state index is -1.16. The van der Waals surface area contributed by atoms with Crippen LogP contribution in [0.1, 0.15) is 59.3 Å². The second-order valence-corrected chi connectivity index (χ2v) is 8.25. The Labute approximate surface area is 168 Å². The molecule has 0 aromatic rings. The molecular formula is C20H38N4O4. The number of aliphatic hydroxyl groups excluding tert-OH is 1. The fraction of sp³-hybridized carbons (Fsp3) is 0.850. The van der Waals surface area contributed by atoms with Gasteiger partial charge in [0.1, 0.15) is 6.04 Å². The van der Waals surface area contributed by atoms with Crippen LogP contribution in [0.2, 0.25) is 0 Å². The molecule has 4 atom stereocenters. The van der Waals surface area contributed by atoms with E-state index in [1.807, 2.05) is 0 Å². The fourth-order valence-corrected chi connectivity index (χ4v) is 3.72. The highest BCUT2D eigenvalue weighted by atomic mass is 16.3. The van der Waals surface area contributed by atoms with Crippen molar-refractivity contribution in [1.29, 1.82) is 0 Å². The summed E-state index contributed by atoms with van der Waals surface area (Å²) in [5.74, 6) is -1.37. The van der Waals surface area contributed by atoms with Crippen molar-refractivity contribution in [2.45, 2.75) is 77.5 Å². The van der Waals surface area contributed by atoms with Gasteiger partial charge in [-0.25, -0.2) is 0 Å². The summed E-state index contributed by atoms with van der Waals surface area (Å²) >= 11 is 0. The van der Waals surface area contributed by atoms with E-state index in [0.29, 0.717) is 12.3 Å². The lowest BCUT2D eigenvalue weighted by atomic mass is 9.82. The molecule has 0 saturated heterocycles. The monoisotopic (exact) mass is 398 g/mol. The molecular weight excluding hydrogens is 360 g/mol. The number of nitrogens with two attached hydrogens (primary N) is 2. The minimum Gasteiger partial charge on any atom is -0.391 e. The molecule has 1 saturated carbocycles. The quantitative estimate of drug-likeness (QED) is 0.332. The third-order valence-corrected chi connectivity index (χ3v) is 5.53. The Morgan fingerprint density at radius 3 is 2.04 bits per heavy atom. The number of hydrogen-bond acceptors (Lipinski definition) is 6. The molecule has 0 radical (unpaired) electrons. The molecule has 8 heteroatoms. The van der Waals surface area contributed by atoms with Crippen molar-refractivity contribution in [1.82, 2.24) is 10.6 Å². The van der Waals surface area contributed by atoms with Crippen molar-refractivity contribution in [3.05, 3.63) is 0 Å². The van der Waals surface area contributed by atoms with Crippen LogP contribution < -0.4 is 22.1 Å². The van der Waals surface area contributed by atoms with Gasteiger partial charge in [-0.3, -0.25) is 14.4 Å². The van der Waals surface area contributed by atoms with Gasteiger partial charge in [-0.05, 0) is 19.3 Å². The topological polar surface area (TPSA) is 148 Å². The summed E-state index contributed by atoms with van der Waals surface area (Å²) in [5, 5.41) is 15.2. The maximum atomic E-state index is 12.7. The standard InChI is InChI=1S/C20H38N4O4/c1-12(2)18(26)16(11-22)23-20(28)17(13(3)25)24-19(27)15(10-21)9-14-7-5-4-6-8-14/h12-17,25H,4-11,21-22H2,1-3H3,(H,23,28)(H,24,27)/t13?,15?,16-,17-/m0/s1. The molecule has 0 aromatic carbocycles. The maximum Gasteiger partial charge on any atom is 0.245 e. The first-order valence-corrected chi connectivity index (χ1v) is 10.4. The number of hydrogen-bond donors (Lipinski definition) is 5. The van der Waals surface area contributed by atoms with E-state index in [1.54, 1.807) is 13.8 Å². The Bertz CT molecular complexity index is 518. The Morgan fingerprint density at radius 1 is 0.964 bits per heavy atom. The van der Waals surface area contributed by atoms with Crippen LogP contribution in [0.3, 0.4) is 0 Å². The SMILES string of the molecule is CC(C)C(=O)[C@H](CN)NC(=O)[C@@H](NC(=O)C(CN)CC1CCCCC1)C(C)O. The third kappa shape index (κ3) is 7.48. The number of rotatable bonds is 11. The molecule has 2 amide bonds. The maximum absolute atomic E-state index is 12.7. The van der Waals surface area contributed by atoms with Crippen molar-refractivity contribution < 1.29 is 19.5 Å². The normalized spacial score (nSPS) is 19.5. The van der Waals surface area contributed by atoms with Gasteiger partial charge < -0.3 is 27.2 Å². The number of aliphatic hydroxyl groups is 1. The van der Waals surface area contributed by atoms with Crippen LogP contribution in [0, 0.1) is 17.8 Å². The molecule has 7 N–H and O–H groups in total. The Balaban J connectivity index is 2.73. The van der Waals surface area contributed by atoms with Crippen molar-refractivity contribution >= 4 is 17.6 Å². The van der Waals surface area contributed by atoms with E-state index in [2.05, 4.69) is 10.6 Å². The summed E-state index contributed by atoms with van der Waals surface area (Å²) in [7, 11) is 0. The van der Waals surface area contributed by atoms with E-state index in [1.165, 1.54) is 26.2 Å². The van der Waals surface area contributed by atoms with Gasteiger partial charge in [0.2, 0.25) is 11.8 Å². The van der Waals surface area contributed by atoms with Crippen LogP contribution in [0.4, 0.5) is 0 Å². The molecule has 1 aliphatic rings. The summed E-state index contributed by atoms with van der Waals surface area (Å²) in [6.07, 6.45) is 5.34. The molecule has 0 bridgehead atoms. The van der Waals surface area contributed by atoms with Gasteiger partial charge in [0, 0.05) is 19.0 Å². The zero-order valence-corrected chi connectivity index (χ0v) is 17.4. The lowest BCUT2D eigenvalue weighted by molar-refractivity contribution is -0.135. The number of carbonyl (C=O) groups is 3. The van der Waals surface area contributed by atoms with Crippen molar-refractivity contribution in [3.63, 3.8) is 0 Å². The number of nitrogens with one attached hydrogen (secondary N) is 2. The Morgan fingerprint density at radius 2 is 1.57 bits per heavy atom. The fourth-order valence-electron chi connectivity index (χ4n) is 3.72. The summed E-state index contributed by atoms with van der Waals surface area (Å²) in [4.78, 5) is 37.4. The minimum absolute atomic E-state index is 0.0453. The average Bonchev–Trinajstić information content (AvgIpc) is 2.67. The number of Topliss-reactive ketones (excluding diaryl/α,β-unsaturated/α-hetero) is 1. The highest BCUT2D eigenvalue weighted by Crippen LogP contribution is 2.29. The second-order valence-electron chi connectivity index (χ2n) is 8.25. The zero-order valence-electron chi connectivity index (χ0n) is 17.4. The van der Waals surface area contributed by atoms with Crippen LogP contribution >= 0.6 is 0 Å². The molecule has 28 heavy (non-hydrogen) atoms. The first-order chi connectivity index (χ1) is 13.2. The molecule has 2 unspecified atom stereocenters. The molecule has 162 valence electrons. The third-order valence-electron chi connectivity index (χ3n) is 5.53. The van der Waals surface area contributed by atoms with Gasteiger partial charge in [-0.15, -0.1) is 0 Å². The highest BCUT2D eigenvalue weighted by Gasteiger charge is 2.32. The molecule has 0 aromatic heterocycles. The number of carbonyl (C=O) groups excluding carboxylic acids is 3. The van der Waals surface area contributed by atoms with Crippen molar-refractivity contribution in [2.75, 3.05) is 13.1 Å². The average molecular weight is 399 g/mol. The smallest absolute Gasteiger partial charge is 0.245 e. The number of ketones is 1. The van der Waals surface area contributed by atoms with Gasteiger partial charge >= 0.3 is 0 Å². The summed E-state index contributed by atoms with van der Waals surface area (Å²) in [6, 6.07) is -2.01. The van der Waals surface area contributed by atoms with Crippen LogP contribution in [-0.2, 0) is 14.4 Å². The molecule has 8 nitrogen and oxygen atoms in total. The summed E-state index contributed by atoms with van der Waals surface area (Å²) < 4.78 is 0. The predicted octanol–water partition coefficient (Wildman–Crippen LogP) is 0.0659. The second kappa shape index (κ2) is 12.1. The van der Waals surface area contributed by atoms with Crippen LogP contribution in [0.5, 0.6) is 0 Å². The summed E-state index contributed by atoms with van der Waals surface area (Å²) in [6.45, 7) is 5.01. The van der Waals surface area contributed by atoms with Crippen molar-refractivity contribution in [2.24, 2.45) is 29.2 Å². The lowest BCUT2D eigenvalue weighted by Gasteiger charge is -2.28. The first kappa shape index (κ1) is 24.5. The largest absolute Gasteiger partial charge is 0.391 e. The number of amides is 2. The van der Waals surface area contributed by atoms with E-state index >= 15 is 0 Å². The van der Waals surface area contributed by atoms with Crippen LogP contribution in [0.15, 0.2) is 0 Å². The first-order valence-electron chi connectivity index (χ1n) is 10.4. The van der Waals surface area contributed by atoms with Gasteiger partial charge in [0.25, 0.3) is 0 Å². The lowest BCUT2D eigenvalue weighted by Crippen LogP contribution is -2.58. The van der Waals surface area contributed by atoms with Crippen LogP contribution in [0.25, 0.3) is 0 Å². The van der Waals surface area contributed by atoms with E-state index < -0.39 is 30.0 Å². The Kier molecular flexibility index (Phi) is 10.6. The predicted molar refractivity (Wildman–Crippen MR) is 108 cm³/mol. The van der Waals surface area contributed by atoms with Gasteiger partial charge in [0.05, 0.1) is 18.1 Å². The molecule has 0 spiro atoms. The molecule has 0 heterocycles. The van der Waals surface area contributed by atoms with Crippen LogP contribution in [-0.4, -0.2) is 54.0 Å². The summed E-state index contributed by atoms with van der Waals surface area (Å²) in [5.41, 5.74) is 11.4. The molecule has 0 aliphatic heterocycles. The van der Waals surface area contributed by atoms with Gasteiger partial charge in [-0.1, -0.05) is 46.0 Å². The molecule has 1 aliphatic carbocycles. The molecule has 1 fully saturated rings. The molecule has 1 rings (SSSR count).